The second-order valence-corrected chi connectivity index (χ2v) is 17.2. The van der Waals surface area contributed by atoms with Gasteiger partial charge in [0.2, 0.25) is 0 Å². The van der Waals surface area contributed by atoms with E-state index in [0.717, 1.165) is 45.3 Å². The van der Waals surface area contributed by atoms with Gasteiger partial charge >= 0.3 is 33.3 Å². The molecule has 5 aromatic rings. The molecule has 268 valence electrons. The van der Waals surface area contributed by atoms with Gasteiger partial charge < -0.3 is 0 Å². The number of para-hydroxylation sites is 2. The summed E-state index contributed by atoms with van der Waals surface area (Å²) in [6.45, 7) is 22.5. The van der Waals surface area contributed by atoms with Crippen LogP contribution in [0.5, 0.6) is 0 Å². The average molecular weight is 761 g/mol. The molecule has 5 rings (SSSR count). The summed E-state index contributed by atoms with van der Waals surface area (Å²) in [7, 11) is 9.53. The van der Waals surface area contributed by atoms with E-state index < -0.39 is 0 Å². The summed E-state index contributed by atoms with van der Waals surface area (Å²) in [5, 5.41) is 0. The minimum atomic E-state index is -0.0808. The SMILES string of the molecule is CC(C)c1cccc(C(C)(C)C)c1N=C(c1ccccc1)c1cccc(C(=Nc2c(C(C)C)cccc2C(C)(C)C)c2ccccc2)n1.[Cl][Fe][Cl]. The zero-order valence-corrected chi connectivity index (χ0v) is 34.2. The van der Waals surface area contributed by atoms with Crippen LogP contribution in [0.4, 0.5) is 11.4 Å². The van der Waals surface area contributed by atoms with Gasteiger partial charge in [-0.3, -0.25) is 0 Å². The van der Waals surface area contributed by atoms with Crippen LogP contribution in [-0.2, 0) is 24.0 Å². The third kappa shape index (κ3) is 10.3. The average Bonchev–Trinajstić information content (AvgIpc) is 3.09. The summed E-state index contributed by atoms with van der Waals surface area (Å²) in [5.41, 5.74) is 12.2. The summed E-state index contributed by atoms with van der Waals surface area (Å²) < 4.78 is 0. The van der Waals surface area contributed by atoms with Crippen molar-refractivity contribution in [3.8, 4) is 0 Å². The Morgan fingerprint density at radius 3 is 1.16 bits per heavy atom. The molecule has 51 heavy (non-hydrogen) atoms. The van der Waals surface area contributed by atoms with Gasteiger partial charge in [-0.1, -0.05) is 172 Å². The van der Waals surface area contributed by atoms with Crippen LogP contribution in [0.3, 0.4) is 0 Å². The summed E-state index contributed by atoms with van der Waals surface area (Å²) in [5.74, 6) is 0.634. The van der Waals surface area contributed by atoms with E-state index in [1.807, 2.05) is 12.1 Å². The number of halogens is 2. The van der Waals surface area contributed by atoms with Crippen molar-refractivity contribution >= 4 is 43.0 Å². The Kier molecular flexibility index (Phi) is 14.0. The fraction of sp³-hybridized carbons (Fsp3) is 0.311. The normalized spacial score (nSPS) is 12.7. The van der Waals surface area contributed by atoms with Crippen LogP contribution in [0.2, 0.25) is 0 Å². The Labute approximate surface area is 321 Å². The molecule has 4 aromatic carbocycles. The van der Waals surface area contributed by atoms with E-state index in [9.17, 15) is 0 Å². The second kappa shape index (κ2) is 17.8. The van der Waals surface area contributed by atoms with Gasteiger partial charge in [-0.15, -0.1) is 0 Å². The number of pyridine rings is 1. The van der Waals surface area contributed by atoms with Crippen molar-refractivity contribution in [2.75, 3.05) is 0 Å². The van der Waals surface area contributed by atoms with E-state index in [1.54, 1.807) is 0 Å². The fourth-order valence-electron chi connectivity index (χ4n) is 6.17. The van der Waals surface area contributed by atoms with Gasteiger partial charge in [0.05, 0.1) is 34.2 Å². The quantitative estimate of drug-likeness (QED) is 0.115. The number of hydrogen-bond donors (Lipinski definition) is 0. The van der Waals surface area contributed by atoms with Gasteiger partial charge in [0.15, 0.2) is 0 Å². The predicted octanol–water partition coefficient (Wildman–Crippen LogP) is 13.6. The van der Waals surface area contributed by atoms with Crippen LogP contribution >= 0.6 is 20.2 Å². The van der Waals surface area contributed by atoms with Crippen LogP contribution in [0, 0.1) is 0 Å². The number of rotatable bonds is 8. The van der Waals surface area contributed by atoms with E-state index >= 15 is 0 Å². The zero-order valence-electron chi connectivity index (χ0n) is 31.6. The molecule has 0 N–H and O–H groups in total. The van der Waals surface area contributed by atoms with Crippen molar-refractivity contribution in [2.45, 2.75) is 91.9 Å². The third-order valence-corrected chi connectivity index (χ3v) is 8.77. The van der Waals surface area contributed by atoms with Crippen molar-refractivity contribution in [1.82, 2.24) is 4.98 Å². The fourth-order valence-corrected chi connectivity index (χ4v) is 6.17. The van der Waals surface area contributed by atoms with Crippen LogP contribution in [-0.4, -0.2) is 16.4 Å². The molecule has 0 saturated heterocycles. The van der Waals surface area contributed by atoms with Crippen molar-refractivity contribution < 1.29 is 13.1 Å². The molecule has 0 radical (unpaired) electrons. The molecule has 0 fully saturated rings. The van der Waals surface area contributed by atoms with Crippen molar-refractivity contribution in [2.24, 2.45) is 9.98 Å². The van der Waals surface area contributed by atoms with Gasteiger partial charge in [-0.05, 0) is 57.1 Å². The van der Waals surface area contributed by atoms with Gasteiger partial charge in [0.25, 0.3) is 0 Å². The predicted molar refractivity (Wildman–Crippen MR) is 218 cm³/mol. The van der Waals surface area contributed by atoms with Crippen molar-refractivity contribution in [1.29, 1.82) is 0 Å². The monoisotopic (exact) mass is 759 g/mol. The number of aromatic nitrogens is 1. The third-order valence-electron chi connectivity index (χ3n) is 8.77. The first-order valence-corrected chi connectivity index (χ1v) is 20.6. The molecule has 0 aliphatic rings. The Hall–Kier alpha value is -3.53. The molecule has 0 spiro atoms. The van der Waals surface area contributed by atoms with Crippen LogP contribution in [0.1, 0.15) is 126 Å². The number of nitrogens with zero attached hydrogens (tertiary/aromatic N) is 3. The molecule has 0 bridgehead atoms. The topological polar surface area (TPSA) is 37.6 Å². The first-order chi connectivity index (χ1) is 24.2. The summed E-state index contributed by atoms with van der Waals surface area (Å²) in [4.78, 5) is 16.5. The van der Waals surface area contributed by atoms with E-state index in [0.29, 0.717) is 11.8 Å². The maximum absolute atomic E-state index is 5.54. The standard InChI is InChI=1S/C45H51N3.2ClH.Fe/c1-30(2)34-24-17-26-36(44(5,6)7)42(34)47-40(32-20-13-11-14-21-32)38-28-19-29-39(46-38)41(33-22-15-12-16-23-33)48-43-35(31(3)4)25-18-27-37(43)45(8,9)10;;;/h11-31H,1-10H3;2*1H;/q;;;+2/p-2. The maximum atomic E-state index is 5.54. The zero-order chi connectivity index (χ0) is 37.3. The molecule has 0 amide bonds. The van der Waals surface area contributed by atoms with Gasteiger partial charge in [0.1, 0.15) is 0 Å². The minimum absolute atomic E-state index is 0.0808. The number of hydrogen-bond acceptors (Lipinski definition) is 3. The second-order valence-electron chi connectivity index (χ2n) is 15.4. The van der Waals surface area contributed by atoms with E-state index in [-0.39, 0.29) is 24.0 Å². The Balaban J connectivity index is 0.00000188. The number of aliphatic imine (C=N–C) groups is 2. The van der Waals surface area contributed by atoms with Crippen LogP contribution in [0.25, 0.3) is 0 Å². The van der Waals surface area contributed by atoms with Crippen molar-refractivity contribution in [3.05, 3.63) is 160 Å². The molecule has 3 nitrogen and oxygen atoms in total. The Bertz CT molecular complexity index is 1810. The van der Waals surface area contributed by atoms with Gasteiger partial charge in [-0.2, -0.15) is 0 Å². The molecule has 0 aliphatic carbocycles. The Morgan fingerprint density at radius 1 is 0.510 bits per heavy atom. The molecular weight excluding hydrogens is 709 g/mol. The first-order valence-electron chi connectivity index (χ1n) is 17.5. The van der Waals surface area contributed by atoms with E-state index in [1.165, 1.54) is 22.3 Å². The van der Waals surface area contributed by atoms with E-state index in [4.69, 9.17) is 35.2 Å². The molecule has 1 heterocycles. The van der Waals surface area contributed by atoms with Gasteiger partial charge in [-0.25, -0.2) is 15.0 Å². The molecule has 0 saturated carbocycles. The molecule has 6 heteroatoms. The van der Waals surface area contributed by atoms with Crippen LogP contribution in [0.15, 0.2) is 125 Å². The first kappa shape index (κ1) is 40.2. The van der Waals surface area contributed by atoms with Crippen molar-refractivity contribution in [3.63, 3.8) is 0 Å². The molecule has 0 atom stereocenters. The molecule has 0 unspecified atom stereocenters. The molecule has 0 aliphatic heterocycles. The Morgan fingerprint density at radius 2 is 0.843 bits per heavy atom. The summed E-state index contributed by atoms with van der Waals surface area (Å²) >= 11 is 0.194. The van der Waals surface area contributed by atoms with Crippen LogP contribution < -0.4 is 0 Å². The molecular formula is C45H51Cl2FeN3. The van der Waals surface area contributed by atoms with Gasteiger partial charge in [0, 0.05) is 11.1 Å². The van der Waals surface area contributed by atoms with E-state index in [2.05, 4.69) is 172 Å². The molecule has 1 aromatic heterocycles. The summed E-state index contributed by atoms with van der Waals surface area (Å²) in [6, 6.07) is 40.3. The summed E-state index contributed by atoms with van der Waals surface area (Å²) in [6.07, 6.45) is 0. The number of benzene rings is 4.